The average molecular weight is 296 g/mol. The highest BCUT2D eigenvalue weighted by molar-refractivity contribution is 9.10. The average Bonchev–Trinajstić information content (AvgIpc) is 2.26. The Kier molecular flexibility index (Phi) is 3.28. The van der Waals surface area contributed by atoms with E-state index in [9.17, 15) is 4.39 Å². The lowest BCUT2D eigenvalue weighted by atomic mass is 10.2. The molecular weight excluding hydrogens is 285 g/mol. The van der Waals surface area contributed by atoms with Gasteiger partial charge in [-0.25, -0.2) is 9.37 Å². The van der Waals surface area contributed by atoms with Gasteiger partial charge >= 0.3 is 0 Å². The summed E-state index contributed by atoms with van der Waals surface area (Å²) in [7, 11) is 0. The molecule has 2 rings (SSSR count). The maximum Gasteiger partial charge on any atom is 0.139 e. The van der Waals surface area contributed by atoms with Crippen molar-refractivity contribution in [2.24, 2.45) is 0 Å². The largest absolute Gasteiger partial charge is 0.384 e. The summed E-state index contributed by atoms with van der Waals surface area (Å²) in [5.74, 6) is 0.116. The predicted molar refractivity (Wildman–Crippen MR) is 70.8 cm³/mol. The van der Waals surface area contributed by atoms with E-state index in [1.807, 2.05) is 6.92 Å². The molecule has 0 aliphatic carbocycles. The van der Waals surface area contributed by atoms with E-state index < -0.39 is 0 Å². The number of nitrogens with zero attached hydrogens (tertiary/aromatic N) is 1. The molecule has 1 heterocycles. The summed E-state index contributed by atoms with van der Waals surface area (Å²) in [6.45, 7) is 1.90. The molecule has 0 aliphatic rings. The first kappa shape index (κ1) is 11.9. The lowest BCUT2D eigenvalue weighted by molar-refractivity contribution is 0.621. The second-order valence-electron chi connectivity index (χ2n) is 3.68. The van der Waals surface area contributed by atoms with Crippen LogP contribution in [-0.4, -0.2) is 4.98 Å². The van der Waals surface area contributed by atoms with Crippen LogP contribution in [0.3, 0.4) is 0 Å². The summed E-state index contributed by atoms with van der Waals surface area (Å²) in [4.78, 5) is 3.89. The monoisotopic (exact) mass is 295 g/mol. The minimum absolute atomic E-state index is 0.305. The van der Waals surface area contributed by atoms with Gasteiger partial charge in [-0.15, -0.1) is 0 Å². The quantitative estimate of drug-likeness (QED) is 0.890. The van der Waals surface area contributed by atoms with Crippen LogP contribution in [0.25, 0.3) is 0 Å². The number of nitrogen functional groups attached to an aromatic ring is 1. The number of anilines is 3. The van der Waals surface area contributed by atoms with Gasteiger partial charge < -0.3 is 11.1 Å². The molecule has 5 heteroatoms. The number of pyridine rings is 1. The zero-order valence-corrected chi connectivity index (χ0v) is 10.8. The van der Waals surface area contributed by atoms with E-state index >= 15 is 0 Å². The lowest BCUT2D eigenvalue weighted by Crippen LogP contribution is -1.97. The number of nitrogens with one attached hydrogen (secondary N) is 1. The third-order valence-electron chi connectivity index (χ3n) is 2.33. The third-order valence-corrected chi connectivity index (χ3v) is 2.94. The molecule has 88 valence electrons. The van der Waals surface area contributed by atoms with Gasteiger partial charge in [0.2, 0.25) is 0 Å². The fourth-order valence-electron chi connectivity index (χ4n) is 1.46. The highest BCUT2D eigenvalue weighted by Crippen LogP contribution is 2.26. The molecule has 17 heavy (non-hydrogen) atoms. The van der Waals surface area contributed by atoms with Gasteiger partial charge in [0.05, 0.1) is 4.47 Å². The molecular formula is C12H11BrFN3. The minimum Gasteiger partial charge on any atom is -0.384 e. The van der Waals surface area contributed by atoms with Crippen LogP contribution in [-0.2, 0) is 0 Å². The summed E-state index contributed by atoms with van der Waals surface area (Å²) in [5.41, 5.74) is 8.00. The van der Waals surface area contributed by atoms with Crippen LogP contribution in [0.2, 0.25) is 0 Å². The first-order chi connectivity index (χ1) is 8.06. The van der Waals surface area contributed by atoms with Crippen LogP contribution in [0.5, 0.6) is 0 Å². The first-order valence-corrected chi connectivity index (χ1v) is 5.80. The minimum atomic E-state index is -0.305. The zero-order valence-electron chi connectivity index (χ0n) is 9.17. The van der Waals surface area contributed by atoms with Crippen LogP contribution >= 0.6 is 15.9 Å². The van der Waals surface area contributed by atoms with Crippen LogP contribution in [0.15, 0.2) is 34.9 Å². The van der Waals surface area contributed by atoms with Crippen molar-refractivity contribution in [3.05, 3.63) is 46.3 Å². The van der Waals surface area contributed by atoms with E-state index in [0.29, 0.717) is 16.0 Å². The Labute approximate surface area is 107 Å². The van der Waals surface area contributed by atoms with Crippen molar-refractivity contribution in [2.75, 3.05) is 11.1 Å². The first-order valence-electron chi connectivity index (χ1n) is 5.00. The van der Waals surface area contributed by atoms with Crippen LogP contribution < -0.4 is 11.1 Å². The van der Waals surface area contributed by atoms with E-state index in [1.54, 1.807) is 24.4 Å². The van der Waals surface area contributed by atoms with Crippen molar-refractivity contribution in [1.29, 1.82) is 0 Å². The number of nitrogens with two attached hydrogens (primary N) is 1. The molecule has 0 amide bonds. The maximum atomic E-state index is 13.4. The number of rotatable bonds is 2. The van der Waals surface area contributed by atoms with Gasteiger partial charge in [-0.2, -0.15) is 0 Å². The summed E-state index contributed by atoms with van der Waals surface area (Å²) in [6, 6.07) is 6.63. The Bertz CT molecular complexity index is 557. The van der Waals surface area contributed by atoms with Gasteiger partial charge in [-0.1, -0.05) is 0 Å². The lowest BCUT2D eigenvalue weighted by Gasteiger charge is -2.10. The van der Waals surface area contributed by atoms with Gasteiger partial charge in [0.25, 0.3) is 0 Å². The predicted octanol–water partition coefficient (Wildman–Crippen LogP) is 3.62. The molecule has 3 N–H and O–H groups in total. The molecule has 0 radical (unpaired) electrons. The number of aromatic nitrogens is 1. The van der Waals surface area contributed by atoms with Crippen LogP contribution in [0.1, 0.15) is 5.56 Å². The molecule has 3 nitrogen and oxygen atoms in total. The van der Waals surface area contributed by atoms with Gasteiger partial charge in [0, 0.05) is 23.6 Å². The Morgan fingerprint density at radius 2 is 2.12 bits per heavy atom. The number of halogens is 2. The number of aryl methyl sites for hydroxylation is 1. The molecule has 0 aliphatic heterocycles. The van der Waals surface area contributed by atoms with Gasteiger partial charge in [-0.05, 0) is 46.6 Å². The molecule has 1 aromatic carbocycles. The smallest absolute Gasteiger partial charge is 0.139 e. The second-order valence-corrected chi connectivity index (χ2v) is 4.53. The third kappa shape index (κ3) is 2.74. The normalized spacial score (nSPS) is 10.3. The van der Waals surface area contributed by atoms with Crippen molar-refractivity contribution >= 4 is 33.1 Å². The van der Waals surface area contributed by atoms with Crippen molar-refractivity contribution < 1.29 is 4.39 Å². The zero-order chi connectivity index (χ0) is 12.4. The van der Waals surface area contributed by atoms with E-state index in [-0.39, 0.29) is 5.82 Å². The molecule has 0 bridgehead atoms. The topological polar surface area (TPSA) is 50.9 Å². The number of hydrogen-bond donors (Lipinski definition) is 2. The van der Waals surface area contributed by atoms with E-state index in [2.05, 4.69) is 26.2 Å². The molecule has 0 saturated heterocycles. The molecule has 0 unspecified atom stereocenters. The molecule has 0 spiro atoms. The summed E-state index contributed by atoms with van der Waals surface area (Å²) in [6.07, 6.45) is 1.60. The summed E-state index contributed by atoms with van der Waals surface area (Å²) in [5, 5.41) is 3.10. The van der Waals surface area contributed by atoms with Gasteiger partial charge in [0.1, 0.15) is 11.6 Å². The van der Waals surface area contributed by atoms with Crippen LogP contribution in [0.4, 0.5) is 21.6 Å². The van der Waals surface area contributed by atoms with Crippen molar-refractivity contribution in [2.45, 2.75) is 6.92 Å². The van der Waals surface area contributed by atoms with Crippen molar-refractivity contribution in [3.63, 3.8) is 0 Å². The Morgan fingerprint density at radius 3 is 2.82 bits per heavy atom. The van der Waals surface area contributed by atoms with Crippen molar-refractivity contribution in [3.8, 4) is 0 Å². The molecule has 0 fully saturated rings. The van der Waals surface area contributed by atoms with E-state index in [4.69, 9.17) is 5.73 Å². The molecule has 1 aromatic heterocycles. The Morgan fingerprint density at radius 1 is 1.35 bits per heavy atom. The molecule has 2 aromatic rings. The second kappa shape index (κ2) is 4.71. The Hall–Kier alpha value is -1.62. The van der Waals surface area contributed by atoms with E-state index in [1.165, 1.54) is 6.07 Å². The SMILES string of the molecule is Cc1cc(Br)c(F)cc1Nc1ccnc(N)c1. The summed E-state index contributed by atoms with van der Waals surface area (Å²) < 4.78 is 13.9. The fraction of sp³-hybridized carbons (Fsp3) is 0.0833. The Balaban J connectivity index is 2.33. The van der Waals surface area contributed by atoms with E-state index in [0.717, 1.165) is 11.3 Å². The number of hydrogen-bond acceptors (Lipinski definition) is 3. The molecule has 0 saturated carbocycles. The van der Waals surface area contributed by atoms with Gasteiger partial charge in [-0.3, -0.25) is 0 Å². The van der Waals surface area contributed by atoms with Crippen LogP contribution in [0, 0.1) is 12.7 Å². The maximum absolute atomic E-state index is 13.4. The van der Waals surface area contributed by atoms with Crippen molar-refractivity contribution in [1.82, 2.24) is 4.98 Å². The number of benzene rings is 1. The van der Waals surface area contributed by atoms with Gasteiger partial charge in [0.15, 0.2) is 0 Å². The fourth-order valence-corrected chi connectivity index (χ4v) is 1.92. The standard InChI is InChI=1S/C12H11BrFN3/c1-7-4-9(13)10(14)6-11(7)17-8-2-3-16-12(15)5-8/h2-6H,1H3,(H3,15,16,17). The highest BCUT2D eigenvalue weighted by atomic mass is 79.9. The summed E-state index contributed by atoms with van der Waals surface area (Å²) >= 11 is 3.14. The molecule has 0 atom stereocenters. The highest BCUT2D eigenvalue weighted by Gasteiger charge is 2.05.